The van der Waals surface area contributed by atoms with Gasteiger partial charge in [-0.15, -0.1) is 0 Å². The highest BCUT2D eigenvalue weighted by atomic mass is 16.4. The van der Waals surface area contributed by atoms with E-state index in [1.807, 2.05) is 36.9 Å². The lowest BCUT2D eigenvalue weighted by atomic mass is 10.1. The molecule has 1 saturated heterocycles. The number of carbonyl (C=O) groups is 1. The van der Waals surface area contributed by atoms with Crippen LogP contribution in [0.1, 0.15) is 45.6 Å². The molecule has 1 aliphatic rings. The van der Waals surface area contributed by atoms with Gasteiger partial charge in [0.15, 0.2) is 11.4 Å². The molecule has 1 atom stereocenters. The first-order valence-corrected chi connectivity index (χ1v) is 12.9. The molecule has 1 fully saturated rings. The van der Waals surface area contributed by atoms with Gasteiger partial charge in [0.2, 0.25) is 0 Å². The van der Waals surface area contributed by atoms with Crippen LogP contribution in [0.15, 0.2) is 65.6 Å². The number of rotatable bonds is 6. The number of carboxylic acids is 1. The molecule has 0 amide bonds. The molecule has 0 saturated carbocycles. The van der Waals surface area contributed by atoms with Gasteiger partial charge in [0.25, 0.3) is 5.56 Å². The average molecular weight is 534 g/mol. The van der Waals surface area contributed by atoms with Crippen LogP contribution in [0, 0.1) is 29.6 Å². The maximum absolute atomic E-state index is 13.5. The van der Waals surface area contributed by atoms with Crippen LogP contribution in [0.25, 0.3) is 5.65 Å². The molecule has 2 N–H and O–H groups in total. The summed E-state index contributed by atoms with van der Waals surface area (Å²) in [6, 6.07) is 19.8. The number of nitrogens with zero attached hydrogens (tertiary/aromatic N) is 6. The highest BCUT2D eigenvalue weighted by Crippen LogP contribution is 2.28. The van der Waals surface area contributed by atoms with Gasteiger partial charge >= 0.3 is 5.97 Å². The van der Waals surface area contributed by atoms with Crippen LogP contribution in [0.2, 0.25) is 0 Å². The fourth-order valence-corrected chi connectivity index (χ4v) is 5.07. The lowest BCUT2D eigenvalue weighted by Crippen LogP contribution is -2.47. The van der Waals surface area contributed by atoms with Crippen molar-refractivity contribution >= 4 is 28.8 Å². The van der Waals surface area contributed by atoms with E-state index in [9.17, 15) is 20.0 Å². The molecule has 2 aromatic heterocycles. The summed E-state index contributed by atoms with van der Waals surface area (Å²) in [5.74, 6) is -0.699. The van der Waals surface area contributed by atoms with Crippen molar-refractivity contribution in [3.8, 4) is 12.1 Å². The number of benzene rings is 2. The topological polar surface area (TPSA) is 138 Å². The lowest BCUT2D eigenvalue weighted by molar-refractivity contribution is 0.0698. The van der Waals surface area contributed by atoms with Gasteiger partial charge in [-0.05, 0) is 61.9 Å². The minimum absolute atomic E-state index is 0.0160. The van der Waals surface area contributed by atoms with Crippen molar-refractivity contribution in [2.45, 2.75) is 19.9 Å². The first-order valence-electron chi connectivity index (χ1n) is 12.9. The van der Waals surface area contributed by atoms with Crippen molar-refractivity contribution in [2.24, 2.45) is 0 Å². The van der Waals surface area contributed by atoms with Crippen molar-refractivity contribution < 1.29 is 9.90 Å². The molecule has 10 nitrogen and oxygen atoms in total. The maximum atomic E-state index is 13.5. The minimum atomic E-state index is -1.04. The first-order chi connectivity index (χ1) is 19.3. The Balaban J connectivity index is 1.50. The Bertz CT molecular complexity index is 1740. The van der Waals surface area contributed by atoms with Crippen LogP contribution >= 0.6 is 0 Å². The number of nitrogens with one attached hydrogen (secondary N) is 1. The fourth-order valence-electron chi connectivity index (χ4n) is 5.07. The molecule has 0 spiro atoms. The van der Waals surface area contributed by atoms with E-state index in [4.69, 9.17) is 10.2 Å². The molecule has 40 heavy (non-hydrogen) atoms. The number of aromatic carboxylic acids is 1. The number of hydrogen-bond donors (Lipinski definition) is 2. The van der Waals surface area contributed by atoms with Crippen LogP contribution in [-0.4, -0.2) is 46.6 Å². The minimum Gasteiger partial charge on any atom is -0.478 e. The highest BCUT2D eigenvalue weighted by molar-refractivity contribution is 5.94. The van der Waals surface area contributed by atoms with Crippen molar-refractivity contribution in [1.29, 1.82) is 10.5 Å². The summed E-state index contributed by atoms with van der Waals surface area (Å²) in [7, 11) is 0. The summed E-state index contributed by atoms with van der Waals surface area (Å²) in [6.45, 7) is 6.16. The third-order valence-corrected chi connectivity index (χ3v) is 7.12. The summed E-state index contributed by atoms with van der Waals surface area (Å²) >= 11 is 0. The molecule has 4 aromatic rings. The summed E-state index contributed by atoms with van der Waals surface area (Å²) in [4.78, 5) is 34.3. The Kier molecular flexibility index (Phi) is 7.09. The quantitative estimate of drug-likeness (QED) is 0.377. The number of pyridine rings is 1. The summed E-state index contributed by atoms with van der Waals surface area (Å²) in [6.07, 6.45) is 1.67. The second-order valence-corrected chi connectivity index (χ2v) is 9.74. The number of hydrogen-bond acceptors (Lipinski definition) is 8. The zero-order valence-corrected chi connectivity index (χ0v) is 22.1. The van der Waals surface area contributed by atoms with Gasteiger partial charge in [0.05, 0.1) is 23.2 Å². The summed E-state index contributed by atoms with van der Waals surface area (Å²) in [5, 5.41) is 31.9. The van der Waals surface area contributed by atoms with Crippen LogP contribution in [0.5, 0.6) is 0 Å². The van der Waals surface area contributed by atoms with Crippen LogP contribution in [0.4, 0.5) is 17.2 Å². The normalized spacial score (nSPS) is 13.9. The van der Waals surface area contributed by atoms with Crippen molar-refractivity contribution in [3.63, 3.8) is 0 Å². The van der Waals surface area contributed by atoms with E-state index in [2.05, 4.69) is 22.4 Å². The lowest BCUT2D eigenvalue weighted by Gasteiger charge is -2.37. The van der Waals surface area contributed by atoms with Crippen molar-refractivity contribution in [1.82, 2.24) is 9.38 Å². The van der Waals surface area contributed by atoms with Crippen molar-refractivity contribution in [2.75, 3.05) is 41.3 Å². The van der Waals surface area contributed by atoms with Gasteiger partial charge in [0, 0.05) is 49.3 Å². The van der Waals surface area contributed by atoms with E-state index in [-0.39, 0.29) is 11.1 Å². The van der Waals surface area contributed by atoms with E-state index in [0.717, 1.165) is 11.3 Å². The fraction of sp³-hybridized carbons (Fsp3) is 0.233. The second-order valence-electron chi connectivity index (χ2n) is 9.74. The molecule has 200 valence electrons. The molecular weight excluding hydrogens is 506 g/mol. The Hall–Kier alpha value is -5.35. The zero-order chi connectivity index (χ0) is 28.4. The Morgan fingerprint density at radius 1 is 1.02 bits per heavy atom. The largest absolute Gasteiger partial charge is 0.478 e. The zero-order valence-electron chi connectivity index (χ0n) is 22.1. The van der Waals surface area contributed by atoms with E-state index in [1.54, 1.807) is 36.5 Å². The van der Waals surface area contributed by atoms with Gasteiger partial charge in [-0.1, -0.05) is 12.1 Å². The Morgan fingerprint density at radius 3 is 2.35 bits per heavy atom. The molecule has 10 heteroatoms. The third-order valence-electron chi connectivity index (χ3n) is 7.12. The van der Waals surface area contributed by atoms with Crippen LogP contribution in [0.3, 0.4) is 0 Å². The van der Waals surface area contributed by atoms with Crippen molar-refractivity contribution in [3.05, 3.63) is 99.0 Å². The van der Waals surface area contributed by atoms with Gasteiger partial charge in [-0.25, -0.2) is 9.78 Å². The van der Waals surface area contributed by atoms with Gasteiger partial charge in [-0.2, -0.15) is 10.5 Å². The summed E-state index contributed by atoms with van der Waals surface area (Å²) < 4.78 is 1.40. The second kappa shape index (κ2) is 10.8. The maximum Gasteiger partial charge on any atom is 0.337 e. The van der Waals surface area contributed by atoms with Crippen LogP contribution in [-0.2, 0) is 0 Å². The highest BCUT2D eigenvalue weighted by Gasteiger charge is 2.25. The van der Waals surface area contributed by atoms with E-state index in [0.29, 0.717) is 54.5 Å². The third kappa shape index (κ3) is 4.91. The number of para-hydroxylation sites is 1. The SMILES string of the molecule is Cc1cc([C@@H](C)Nc2ccccc2C(=O)O)c2nc(N3CCN(c4ccc(C#N)cc4)CC3)c(C#N)c(=O)n2c1. The predicted molar refractivity (Wildman–Crippen MR) is 152 cm³/mol. The molecule has 1 aliphatic heterocycles. The van der Waals surface area contributed by atoms with E-state index < -0.39 is 17.6 Å². The molecule has 0 unspecified atom stereocenters. The number of anilines is 3. The Morgan fingerprint density at radius 2 is 1.70 bits per heavy atom. The first kappa shape index (κ1) is 26.3. The predicted octanol–water partition coefficient (Wildman–Crippen LogP) is 3.94. The molecule has 5 rings (SSSR count). The molecule has 3 heterocycles. The number of aromatic nitrogens is 2. The van der Waals surface area contributed by atoms with Gasteiger partial charge < -0.3 is 20.2 Å². The van der Waals surface area contributed by atoms with E-state index in [1.165, 1.54) is 10.5 Å². The van der Waals surface area contributed by atoms with Gasteiger partial charge in [-0.3, -0.25) is 9.20 Å². The molecule has 0 aliphatic carbocycles. The standard InChI is InChI=1S/C30H27N7O3/c1-19-15-24(20(2)33-26-6-4-3-5-23(26)30(39)40)28-34-27(25(17-32)29(38)37(28)18-19)36-13-11-35(12-14-36)22-9-7-21(16-31)8-10-22/h3-10,15,18,20,33H,11-14H2,1-2H3,(H,39,40)/t20-/m1/s1. The monoisotopic (exact) mass is 533 g/mol. The number of nitriles is 2. The van der Waals surface area contributed by atoms with Gasteiger partial charge in [0.1, 0.15) is 11.7 Å². The molecular formula is C30H27N7O3. The van der Waals surface area contributed by atoms with Crippen LogP contribution < -0.4 is 20.7 Å². The summed E-state index contributed by atoms with van der Waals surface area (Å²) in [5.41, 5.74) is 3.66. The number of piperazine rings is 1. The Labute approximate surface area is 231 Å². The molecule has 2 aromatic carbocycles. The average Bonchev–Trinajstić information content (AvgIpc) is 2.97. The smallest absolute Gasteiger partial charge is 0.337 e. The van der Waals surface area contributed by atoms with E-state index >= 15 is 0 Å². The number of carboxylic acid groups (broad SMARTS) is 1. The molecule has 0 bridgehead atoms. The molecule has 0 radical (unpaired) electrons. The number of fused-ring (bicyclic) bond motifs is 1. The number of aryl methyl sites for hydroxylation is 1.